The van der Waals surface area contributed by atoms with Crippen LogP contribution in [0.2, 0.25) is 0 Å². The van der Waals surface area contributed by atoms with E-state index < -0.39 is 17.9 Å². The molecule has 0 saturated carbocycles. The molecule has 1 aliphatic heterocycles. The highest BCUT2D eigenvalue weighted by Gasteiger charge is 2.33. The quantitative estimate of drug-likeness (QED) is 0.400. The molecule has 0 bridgehead atoms. The summed E-state index contributed by atoms with van der Waals surface area (Å²) >= 11 is 0. The number of benzene rings is 4. The predicted molar refractivity (Wildman–Crippen MR) is 132 cm³/mol. The van der Waals surface area contributed by atoms with Crippen molar-refractivity contribution in [3.63, 3.8) is 0 Å². The van der Waals surface area contributed by atoms with E-state index in [9.17, 15) is 19.2 Å². The first kappa shape index (κ1) is 22.1. The van der Waals surface area contributed by atoms with Gasteiger partial charge in [0.1, 0.15) is 0 Å². The summed E-state index contributed by atoms with van der Waals surface area (Å²) in [5, 5.41) is 9.67. The standard InChI is InChI=1S/C27H21N3O5/c1-16(31)28-21-12-10-17-6-2-4-8-19(17)25(21)26-20-9-5-3-7-18(20)11-13-22(26)29-27(34)35-30-23(32)14-15-24(30)33/h2-13H,14-15H2,1H3,(H,28,31)(H,29,34). The molecule has 1 saturated heterocycles. The van der Waals surface area contributed by atoms with Crippen molar-refractivity contribution in [3.8, 4) is 11.1 Å². The third kappa shape index (κ3) is 4.17. The van der Waals surface area contributed by atoms with Crippen molar-refractivity contribution in [2.24, 2.45) is 0 Å². The molecule has 8 heteroatoms. The zero-order chi connectivity index (χ0) is 24.5. The maximum atomic E-state index is 12.8. The van der Waals surface area contributed by atoms with Crippen LogP contribution in [-0.4, -0.2) is 28.9 Å². The maximum absolute atomic E-state index is 12.8. The van der Waals surface area contributed by atoms with E-state index in [-0.39, 0.29) is 18.7 Å². The van der Waals surface area contributed by atoms with Crippen LogP contribution in [0.4, 0.5) is 16.2 Å². The number of hydroxylamine groups is 2. The van der Waals surface area contributed by atoms with E-state index in [4.69, 9.17) is 4.84 Å². The van der Waals surface area contributed by atoms with Crippen molar-refractivity contribution in [2.45, 2.75) is 19.8 Å². The van der Waals surface area contributed by atoms with E-state index in [1.54, 1.807) is 6.07 Å². The van der Waals surface area contributed by atoms with Crippen LogP contribution in [0.5, 0.6) is 0 Å². The van der Waals surface area contributed by atoms with Gasteiger partial charge >= 0.3 is 6.09 Å². The zero-order valence-corrected chi connectivity index (χ0v) is 18.8. The fourth-order valence-corrected chi connectivity index (χ4v) is 4.35. The number of nitrogens with one attached hydrogen (secondary N) is 2. The summed E-state index contributed by atoms with van der Waals surface area (Å²) in [6.45, 7) is 1.43. The van der Waals surface area contributed by atoms with Crippen LogP contribution in [0.1, 0.15) is 19.8 Å². The number of nitrogens with zero attached hydrogens (tertiary/aromatic N) is 1. The second-order valence-electron chi connectivity index (χ2n) is 8.19. The van der Waals surface area contributed by atoms with Gasteiger partial charge < -0.3 is 10.2 Å². The fraction of sp³-hybridized carbons (Fsp3) is 0.111. The molecule has 1 fully saturated rings. The van der Waals surface area contributed by atoms with Crippen LogP contribution in [0.25, 0.3) is 32.7 Å². The summed E-state index contributed by atoms with van der Waals surface area (Å²) in [6.07, 6.45) is -0.959. The Hall–Kier alpha value is -4.72. The molecule has 8 nitrogen and oxygen atoms in total. The van der Waals surface area contributed by atoms with Gasteiger partial charge in [0.05, 0.1) is 5.69 Å². The lowest BCUT2D eigenvalue weighted by Crippen LogP contribution is -2.34. The lowest BCUT2D eigenvalue weighted by atomic mass is 9.91. The van der Waals surface area contributed by atoms with Gasteiger partial charge in [0.25, 0.3) is 11.8 Å². The molecule has 2 N–H and O–H groups in total. The molecule has 0 radical (unpaired) electrons. The summed E-state index contributed by atoms with van der Waals surface area (Å²) in [4.78, 5) is 53.6. The van der Waals surface area contributed by atoms with E-state index in [1.165, 1.54) is 6.92 Å². The first-order valence-electron chi connectivity index (χ1n) is 11.1. The second-order valence-corrected chi connectivity index (χ2v) is 8.19. The van der Waals surface area contributed by atoms with Gasteiger partial charge in [-0.3, -0.25) is 19.7 Å². The number of hydrogen-bond donors (Lipinski definition) is 2. The summed E-state index contributed by atoms with van der Waals surface area (Å²) in [5.41, 5.74) is 2.36. The molecule has 174 valence electrons. The molecule has 0 aromatic heterocycles. The van der Waals surface area contributed by atoms with Crippen molar-refractivity contribution >= 4 is 56.7 Å². The van der Waals surface area contributed by atoms with Gasteiger partial charge in [-0.05, 0) is 33.7 Å². The lowest BCUT2D eigenvalue weighted by Gasteiger charge is -2.20. The summed E-state index contributed by atoms with van der Waals surface area (Å²) in [7, 11) is 0. The molecular weight excluding hydrogens is 446 g/mol. The Balaban J connectivity index is 1.69. The number of anilines is 2. The molecule has 0 aliphatic carbocycles. The maximum Gasteiger partial charge on any atom is 0.436 e. The average molecular weight is 467 g/mol. The Labute approximate surface area is 200 Å². The average Bonchev–Trinajstić information content (AvgIpc) is 3.16. The number of hydrogen-bond acceptors (Lipinski definition) is 5. The van der Waals surface area contributed by atoms with E-state index in [1.807, 2.05) is 66.7 Å². The zero-order valence-electron chi connectivity index (χ0n) is 18.8. The van der Waals surface area contributed by atoms with E-state index in [2.05, 4.69) is 10.6 Å². The van der Waals surface area contributed by atoms with Gasteiger partial charge in [0, 0.05) is 36.6 Å². The fourth-order valence-electron chi connectivity index (χ4n) is 4.35. The Kier molecular flexibility index (Phi) is 5.62. The highest BCUT2D eigenvalue weighted by atomic mass is 16.7. The van der Waals surface area contributed by atoms with Gasteiger partial charge in [-0.15, -0.1) is 5.06 Å². The van der Waals surface area contributed by atoms with Crippen LogP contribution < -0.4 is 10.6 Å². The first-order valence-corrected chi connectivity index (χ1v) is 11.1. The molecule has 5 rings (SSSR count). The number of imide groups is 1. The van der Waals surface area contributed by atoms with Crippen LogP contribution in [0.3, 0.4) is 0 Å². The minimum absolute atomic E-state index is 0.00339. The topological polar surface area (TPSA) is 105 Å². The summed E-state index contributed by atoms with van der Waals surface area (Å²) in [5.74, 6) is -1.36. The third-order valence-corrected chi connectivity index (χ3v) is 5.84. The monoisotopic (exact) mass is 467 g/mol. The first-order chi connectivity index (χ1) is 16.9. The van der Waals surface area contributed by atoms with Crippen molar-refractivity contribution in [1.29, 1.82) is 0 Å². The lowest BCUT2D eigenvalue weighted by molar-refractivity contribution is -0.170. The van der Waals surface area contributed by atoms with E-state index in [0.29, 0.717) is 22.0 Å². The number of carbonyl (C=O) groups excluding carboxylic acids is 4. The molecule has 1 aliphatic rings. The Morgan fingerprint density at radius 3 is 1.71 bits per heavy atom. The SMILES string of the molecule is CC(=O)Nc1ccc2ccccc2c1-c1c(NC(=O)ON2C(=O)CCC2=O)ccc2ccccc12. The van der Waals surface area contributed by atoms with Gasteiger partial charge in [-0.2, -0.15) is 0 Å². The van der Waals surface area contributed by atoms with Crippen molar-refractivity contribution in [1.82, 2.24) is 5.06 Å². The summed E-state index contributed by atoms with van der Waals surface area (Å²) < 4.78 is 0. The van der Waals surface area contributed by atoms with Gasteiger partial charge in [-0.25, -0.2) is 4.79 Å². The second kappa shape index (κ2) is 8.90. The molecule has 4 aromatic rings. The number of fused-ring (bicyclic) bond motifs is 2. The Morgan fingerprint density at radius 2 is 1.20 bits per heavy atom. The van der Waals surface area contributed by atoms with E-state index >= 15 is 0 Å². The molecule has 35 heavy (non-hydrogen) atoms. The number of carbonyl (C=O) groups is 4. The molecule has 0 atom stereocenters. The van der Waals surface area contributed by atoms with Gasteiger partial charge in [-0.1, -0.05) is 60.7 Å². The van der Waals surface area contributed by atoms with E-state index in [0.717, 1.165) is 27.1 Å². The van der Waals surface area contributed by atoms with Crippen LogP contribution >= 0.6 is 0 Å². The Bertz CT molecular complexity index is 1510. The van der Waals surface area contributed by atoms with Crippen molar-refractivity contribution in [2.75, 3.05) is 10.6 Å². The third-order valence-electron chi connectivity index (χ3n) is 5.84. The molecule has 4 aromatic carbocycles. The smallest absolute Gasteiger partial charge is 0.326 e. The molecule has 0 spiro atoms. The van der Waals surface area contributed by atoms with Crippen LogP contribution in [0.15, 0.2) is 72.8 Å². The predicted octanol–water partition coefficient (Wildman–Crippen LogP) is 5.23. The van der Waals surface area contributed by atoms with Crippen molar-refractivity contribution in [3.05, 3.63) is 72.8 Å². The Morgan fingerprint density at radius 1 is 0.714 bits per heavy atom. The van der Waals surface area contributed by atoms with Gasteiger partial charge in [0.2, 0.25) is 5.91 Å². The normalized spacial score (nSPS) is 13.3. The number of rotatable bonds is 4. The van der Waals surface area contributed by atoms with Gasteiger partial charge in [0.15, 0.2) is 0 Å². The minimum atomic E-state index is -0.966. The molecule has 1 heterocycles. The largest absolute Gasteiger partial charge is 0.436 e. The van der Waals surface area contributed by atoms with Crippen molar-refractivity contribution < 1.29 is 24.0 Å². The number of amides is 4. The molecule has 0 unspecified atom stereocenters. The summed E-state index contributed by atoms with van der Waals surface area (Å²) in [6, 6.07) is 22.7. The highest BCUT2D eigenvalue weighted by Crippen LogP contribution is 2.43. The molecular formula is C27H21N3O5. The van der Waals surface area contributed by atoms with Crippen LogP contribution in [-0.2, 0) is 19.2 Å². The molecule has 4 amide bonds. The van der Waals surface area contributed by atoms with Crippen LogP contribution in [0, 0.1) is 0 Å². The minimum Gasteiger partial charge on any atom is -0.326 e. The highest BCUT2D eigenvalue weighted by molar-refractivity contribution is 6.16.